The Morgan fingerprint density at radius 2 is 1.56 bits per heavy atom. The van der Waals surface area contributed by atoms with Gasteiger partial charge in [-0.1, -0.05) is 17.7 Å². The molecule has 9 rings (SSSR count). The molecule has 14 nitrogen and oxygen atoms in total. The zero-order valence-electron chi connectivity index (χ0n) is 32.8. The van der Waals surface area contributed by atoms with Crippen LogP contribution in [0.5, 0.6) is 5.75 Å². The van der Waals surface area contributed by atoms with Gasteiger partial charge in [0.1, 0.15) is 17.6 Å². The van der Waals surface area contributed by atoms with Crippen LogP contribution < -0.4 is 20.3 Å². The van der Waals surface area contributed by atoms with E-state index >= 15 is 0 Å². The number of pyridine rings is 1. The number of aromatic nitrogens is 1. The lowest BCUT2D eigenvalue weighted by molar-refractivity contribution is -0.136. The first-order chi connectivity index (χ1) is 28.6. The minimum Gasteiger partial charge on any atom is -0.490 e. The van der Waals surface area contributed by atoms with Crippen molar-refractivity contribution >= 4 is 58.3 Å². The molecule has 306 valence electrons. The summed E-state index contributed by atoms with van der Waals surface area (Å²) in [6, 6.07) is 13.8. The van der Waals surface area contributed by atoms with Crippen LogP contribution in [0.15, 0.2) is 48.5 Å². The van der Waals surface area contributed by atoms with Crippen LogP contribution in [0.4, 0.5) is 17.2 Å². The van der Waals surface area contributed by atoms with Gasteiger partial charge in [0.25, 0.3) is 17.7 Å². The molecule has 1 atom stereocenters. The molecule has 6 aliphatic rings. The van der Waals surface area contributed by atoms with Crippen LogP contribution in [0.2, 0.25) is 5.02 Å². The van der Waals surface area contributed by atoms with Gasteiger partial charge in [0.2, 0.25) is 17.5 Å². The highest BCUT2D eigenvalue weighted by Gasteiger charge is 2.45. The van der Waals surface area contributed by atoms with Crippen molar-refractivity contribution in [3.8, 4) is 5.75 Å². The van der Waals surface area contributed by atoms with Gasteiger partial charge in [0.05, 0.1) is 46.6 Å². The zero-order chi connectivity index (χ0) is 40.8. The molecule has 5 aliphatic heterocycles. The predicted octanol–water partition coefficient (Wildman–Crippen LogP) is 5.83. The fraction of sp³-hybridized carbons (Fsp3) is 0.477. The Kier molecular flexibility index (Phi) is 10.7. The molecule has 1 unspecified atom stereocenters. The van der Waals surface area contributed by atoms with Gasteiger partial charge in [-0.2, -0.15) is 0 Å². The molecule has 4 fully saturated rings. The number of amides is 5. The first-order valence-electron chi connectivity index (χ1n) is 20.9. The maximum atomic E-state index is 13.5. The molecule has 2 aromatic carbocycles. The second-order valence-corrected chi connectivity index (χ2v) is 17.1. The first-order valence-corrected chi connectivity index (χ1v) is 21.2. The molecular formula is C44H47ClN8O6. The van der Waals surface area contributed by atoms with E-state index in [0.29, 0.717) is 34.5 Å². The molecule has 0 bridgehead atoms. The third-order valence-corrected chi connectivity index (χ3v) is 13.4. The molecule has 3 aromatic rings. The summed E-state index contributed by atoms with van der Waals surface area (Å²) in [5.41, 5.74) is 3.34. The Morgan fingerprint density at radius 1 is 0.814 bits per heavy atom. The molecule has 2 N–H and O–H groups in total. The van der Waals surface area contributed by atoms with E-state index in [-0.39, 0.29) is 48.1 Å². The van der Waals surface area contributed by atoms with Crippen LogP contribution >= 0.6 is 11.6 Å². The number of nitrogens with zero attached hydrogens (tertiary/aromatic N) is 6. The minimum absolute atomic E-state index is 0.0480. The van der Waals surface area contributed by atoms with Crippen LogP contribution in [0.1, 0.15) is 101 Å². The molecule has 15 heteroatoms. The third kappa shape index (κ3) is 7.85. The maximum absolute atomic E-state index is 13.5. The van der Waals surface area contributed by atoms with Gasteiger partial charge in [-0.25, -0.2) is 9.83 Å². The molecule has 0 radical (unpaired) electrons. The largest absolute Gasteiger partial charge is 0.490 e. The molecule has 59 heavy (non-hydrogen) atoms. The highest BCUT2D eigenvalue weighted by atomic mass is 35.5. The van der Waals surface area contributed by atoms with Gasteiger partial charge in [-0.05, 0) is 106 Å². The first kappa shape index (κ1) is 39.0. The number of hydrogen-bond acceptors (Lipinski definition) is 10. The van der Waals surface area contributed by atoms with Crippen molar-refractivity contribution in [3.63, 3.8) is 0 Å². The molecule has 1 aliphatic carbocycles. The Hall–Kier alpha value is -5.52. The second-order valence-electron chi connectivity index (χ2n) is 16.7. The van der Waals surface area contributed by atoms with Gasteiger partial charge >= 0.3 is 0 Å². The summed E-state index contributed by atoms with van der Waals surface area (Å²) < 4.78 is 6.18. The number of likely N-dealkylation sites (tertiary alicyclic amines) is 1. The van der Waals surface area contributed by atoms with E-state index in [1.54, 1.807) is 30.3 Å². The van der Waals surface area contributed by atoms with Crippen LogP contribution in [0.3, 0.4) is 0 Å². The number of piperidine rings is 3. The molecular weight excluding hydrogens is 772 g/mol. The summed E-state index contributed by atoms with van der Waals surface area (Å²) in [6.07, 6.45) is 7.77. The minimum atomic E-state index is -0.975. The number of carbonyl (C=O) groups is 5. The second kappa shape index (κ2) is 16.3. The summed E-state index contributed by atoms with van der Waals surface area (Å²) in [6.45, 7) is 12.6. The number of ether oxygens (including phenoxy) is 1. The number of nitrogens with one attached hydrogen (secondary N) is 2. The van der Waals surface area contributed by atoms with Crippen molar-refractivity contribution in [2.75, 3.05) is 42.9 Å². The summed E-state index contributed by atoms with van der Waals surface area (Å²) in [4.78, 5) is 80.2. The fourth-order valence-corrected chi connectivity index (χ4v) is 9.96. The average Bonchev–Trinajstić information content (AvgIpc) is 3.70. The number of carbonyl (C=O) groups excluding carboxylic acids is 5. The summed E-state index contributed by atoms with van der Waals surface area (Å²) >= 11 is 6.21. The predicted molar refractivity (Wildman–Crippen MR) is 220 cm³/mol. The lowest BCUT2D eigenvalue weighted by Crippen LogP contribution is -2.54. The monoisotopic (exact) mass is 818 g/mol. The Bertz CT molecular complexity index is 2240. The summed E-state index contributed by atoms with van der Waals surface area (Å²) in [5.74, 6) is 0.293. The Labute approximate surface area is 348 Å². The van der Waals surface area contributed by atoms with Gasteiger partial charge in [-0.15, -0.1) is 0 Å². The molecule has 3 saturated heterocycles. The summed E-state index contributed by atoms with van der Waals surface area (Å²) in [5, 5.41) is 6.21. The molecule has 1 saturated carbocycles. The van der Waals surface area contributed by atoms with E-state index in [1.807, 2.05) is 23.1 Å². The summed E-state index contributed by atoms with van der Waals surface area (Å²) in [7, 11) is 0. The number of rotatable bonds is 9. The Balaban J connectivity index is 0.712. The van der Waals surface area contributed by atoms with Crippen molar-refractivity contribution in [1.29, 1.82) is 0 Å². The smallest absolute Gasteiger partial charge is 0.262 e. The van der Waals surface area contributed by atoms with Crippen LogP contribution in [-0.2, 0) is 16.1 Å². The van der Waals surface area contributed by atoms with E-state index < -0.39 is 29.7 Å². The van der Waals surface area contributed by atoms with E-state index in [1.165, 1.54) is 0 Å². The van der Waals surface area contributed by atoms with Crippen LogP contribution in [-0.4, -0.2) is 106 Å². The number of fused-ring (bicyclic) bond motifs is 2. The number of anilines is 2. The van der Waals surface area contributed by atoms with Gasteiger partial charge in [-0.3, -0.25) is 34.2 Å². The standard InChI is InChI=1S/C44H47ClN8O6/c1-46-36-10-7-31(23-35(36)45)59-30-5-3-29(4-6-30)52-25-37-33(42(52)56)9-12-39(48-37)51-20-14-26(15-21-51)24-50-18-16-27(17-19-50)47-28-2-8-32-34(22-28)44(58)53(43(32)57)38-11-13-40(54)49-41(38)55/h2,7-10,12,22-23,26-27,29-30,38,47H,3-6,11,13-21,24-25H2,(H,49,54,55). The van der Waals surface area contributed by atoms with E-state index in [9.17, 15) is 24.0 Å². The SMILES string of the molecule is [C-]#[N+]c1ccc(OC2CCC(N3Cc4nc(N5CCC(CN6CCC(Nc7ccc8c(c7)C(=O)N(C7CCC(=O)NC7=O)C8=O)CC6)CC5)ccc4C3=O)CC2)cc1Cl. The van der Waals surface area contributed by atoms with Crippen molar-refractivity contribution in [1.82, 2.24) is 25.0 Å². The molecule has 0 spiro atoms. The molecule has 5 amide bonds. The van der Waals surface area contributed by atoms with Gasteiger partial charge in [0.15, 0.2) is 0 Å². The number of benzene rings is 2. The van der Waals surface area contributed by atoms with Gasteiger partial charge in [0, 0.05) is 56.9 Å². The zero-order valence-corrected chi connectivity index (χ0v) is 33.6. The average molecular weight is 819 g/mol. The Morgan fingerprint density at radius 3 is 2.29 bits per heavy atom. The number of hydrogen-bond donors (Lipinski definition) is 2. The van der Waals surface area contributed by atoms with Gasteiger partial charge < -0.3 is 24.8 Å². The van der Waals surface area contributed by atoms with Crippen molar-refractivity contribution in [2.24, 2.45) is 5.92 Å². The van der Waals surface area contributed by atoms with E-state index in [4.69, 9.17) is 27.9 Å². The van der Waals surface area contributed by atoms with Crippen LogP contribution in [0, 0.1) is 12.5 Å². The highest BCUT2D eigenvalue weighted by Crippen LogP contribution is 2.36. The fourth-order valence-electron chi connectivity index (χ4n) is 9.75. The van der Waals surface area contributed by atoms with E-state index in [2.05, 4.69) is 25.3 Å². The lowest BCUT2D eigenvalue weighted by Gasteiger charge is -2.38. The maximum Gasteiger partial charge on any atom is 0.262 e. The topological polar surface area (TPSA) is 149 Å². The quantitative estimate of drug-likeness (QED) is 0.200. The number of imide groups is 2. The van der Waals surface area contributed by atoms with Crippen molar-refractivity contribution in [3.05, 3.63) is 87.4 Å². The number of halogens is 1. The highest BCUT2D eigenvalue weighted by molar-refractivity contribution is 6.33. The molecule has 6 heterocycles. The van der Waals surface area contributed by atoms with Crippen molar-refractivity contribution in [2.45, 2.75) is 95.0 Å². The lowest BCUT2D eigenvalue weighted by atomic mass is 9.92. The third-order valence-electron chi connectivity index (χ3n) is 13.1. The molecule has 1 aromatic heterocycles. The van der Waals surface area contributed by atoms with Crippen molar-refractivity contribution < 1.29 is 28.7 Å². The normalized spacial score (nSPS) is 24.2. The van der Waals surface area contributed by atoms with Crippen LogP contribution in [0.25, 0.3) is 4.85 Å². The van der Waals surface area contributed by atoms with E-state index in [0.717, 1.165) is 106 Å².